The first kappa shape index (κ1) is 20.7. The molecule has 1 saturated heterocycles. The molecule has 0 aromatic carbocycles. The molecule has 1 fully saturated rings. The Kier molecular flexibility index (Phi) is 7.08. The molecule has 140 valence electrons. The van der Waals surface area contributed by atoms with Gasteiger partial charge in [0.25, 0.3) is 0 Å². The van der Waals surface area contributed by atoms with E-state index in [1.54, 1.807) is 4.90 Å². The molecule has 2 N–H and O–H groups in total. The lowest BCUT2D eigenvalue weighted by molar-refractivity contribution is -0.121. The van der Waals surface area contributed by atoms with Gasteiger partial charge in [0, 0.05) is 24.7 Å². The molecule has 0 bridgehead atoms. The lowest BCUT2D eigenvalue weighted by Gasteiger charge is -2.36. The fourth-order valence-corrected chi connectivity index (χ4v) is 2.79. The number of hydrogen-bond acceptors (Lipinski definition) is 4. The van der Waals surface area contributed by atoms with Gasteiger partial charge in [-0.2, -0.15) is 0 Å². The van der Waals surface area contributed by atoms with Crippen LogP contribution >= 0.6 is 0 Å². The molecule has 6 heteroatoms. The van der Waals surface area contributed by atoms with Gasteiger partial charge in [-0.05, 0) is 67.2 Å². The lowest BCUT2D eigenvalue weighted by Crippen LogP contribution is -2.50. The summed E-state index contributed by atoms with van der Waals surface area (Å²) in [6.45, 7) is 15.3. The molecule has 24 heavy (non-hydrogen) atoms. The molecule has 2 amide bonds. The minimum Gasteiger partial charge on any atom is -0.444 e. The van der Waals surface area contributed by atoms with E-state index in [4.69, 9.17) is 4.74 Å². The highest BCUT2D eigenvalue weighted by Crippen LogP contribution is 2.21. The molecule has 1 rings (SSSR count). The molecule has 0 aromatic rings. The zero-order chi connectivity index (χ0) is 18.5. The maximum Gasteiger partial charge on any atom is 0.410 e. The Bertz CT molecular complexity index is 438. The number of carbonyl (C=O) groups is 2. The molecule has 0 spiro atoms. The van der Waals surface area contributed by atoms with Crippen LogP contribution in [0.15, 0.2) is 0 Å². The third-order valence-corrected chi connectivity index (χ3v) is 3.92. The van der Waals surface area contributed by atoms with E-state index in [0.717, 1.165) is 19.4 Å². The molecule has 0 aromatic heterocycles. The SMILES string of the molecule is CC(NCC(=O)NC(C)(C)C)C1CCCN(C(=O)OC(C)(C)C)C1. The normalized spacial score (nSPS) is 20.5. The molecular formula is C18H35N3O3. The molecule has 1 aliphatic rings. The van der Waals surface area contributed by atoms with Crippen molar-refractivity contribution in [3.8, 4) is 0 Å². The predicted molar refractivity (Wildman–Crippen MR) is 95.9 cm³/mol. The largest absolute Gasteiger partial charge is 0.444 e. The number of rotatable bonds is 4. The van der Waals surface area contributed by atoms with Gasteiger partial charge in [-0.25, -0.2) is 4.79 Å². The highest BCUT2D eigenvalue weighted by Gasteiger charge is 2.30. The lowest BCUT2D eigenvalue weighted by atomic mass is 9.92. The minimum absolute atomic E-state index is 0.00541. The van der Waals surface area contributed by atoms with E-state index in [1.807, 2.05) is 41.5 Å². The van der Waals surface area contributed by atoms with Gasteiger partial charge in [-0.3, -0.25) is 4.79 Å². The fraction of sp³-hybridized carbons (Fsp3) is 0.889. The van der Waals surface area contributed by atoms with E-state index in [-0.39, 0.29) is 23.6 Å². The third-order valence-electron chi connectivity index (χ3n) is 3.92. The van der Waals surface area contributed by atoms with Crippen molar-refractivity contribution >= 4 is 12.0 Å². The Balaban J connectivity index is 2.46. The predicted octanol–water partition coefficient (Wildman–Crippen LogP) is 2.53. The maximum atomic E-state index is 12.2. The zero-order valence-electron chi connectivity index (χ0n) is 16.4. The van der Waals surface area contributed by atoms with Crippen LogP contribution in [0.25, 0.3) is 0 Å². The van der Waals surface area contributed by atoms with E-state index in [1.165, 1.54) is 0 Å². The number of piperidine rings is 1. The average molecular weight is 341 g/mol. The number of amides is 2. The smallest absolute Gasteiger partial charge is 0.410 e. The molecule has 2 atom stereocenters. The maximum absolute atomic E-state index is 12.2. The second-order valence-electron chi connectivity index (χ2n) is 8.80. The van der Waals surface area contributed by atoms with Crippen molar-refractivity contribution < 1.29 is 14.3 Å². The first-order valence-corrected chi connectivity index (χ1v) is 8.90. The van der Waals surface area contributed by atoms with Gasteiger partial charge in [0.15, 0.2) is 0 Å². The van der Waals surface area contributed by atoms with Crippen molar-refractivity contribution in [3.05, 3.63) is 0 Å². The Morgan fingerprint density at radius 3 is 2.38 bits per heavy atom. The molecule has 0 aliphatic carbocycles. The Morgan fingerprint density at radius 2 is 1.83 bits per heavy atom. The molecular weight excluding hydrogens is 306 g/mol. The molecule has 1 aliphatic heterocycles. The van der Waals surface area contributed by atoms with Gasteiger partial charge < -0.3 is 20.3 Å². The highest BCUT2D eigenvalue weighted by atomic mass is 16.6. The van der Waals surface area contributed by atoms with Crippen molar-refractivity contribution in [2.45, 2.75) is 78.5 Å². The average Bonchev–Trinajstić information content (AvgIpc) is 2.41. The van der Waals surface area contributed by atoms with Crippen LogP contribution < -0.4 is 10.6 Å². The number of carbonyl (C=O) groups excluding carboxylic acids is 2. The molecule has 0 saturated carbocycles. The first-order chi connectivity index (χ1) is 10.9. The Morgan fingerprint density at radius 1 is 1.21 bits per heavy atom. The Labute approximate surface area is 146 Å². The van der Waals surface area contributed by atoms with E-state index < -0.39 is 5.60 Å². The van der Waals surface area contributed by atoms with Crippen molar-refractivity contribution in [1.29, 1.82) is 0 Å². The van der Waals surface area contributed by atoms with Crippen LogP contribution in [0.1, 0.15) is 61.3 Å². The van der Waals surface area contributed by atoms with Crippen molar-refractivity contribution in [1.82, 2.24) is 15.5 Å². The number of ether oxygens (including phenoxy) is 1. The topological polar surface area (TPSA) is 70.7 Å². The van der Waals surface area contributed by atoms with Crippen molar-refractivity contribution in [2.24, 2.45) is 5.92 Å². The van der Waals surface area contributed by atoms with Crippen molar-refractivity contribution in [2.75, 3.05) is 19.6 Å². The Hall–Kier alpha value is -1.30. The van der Waals surface area contributed by atoms with Gasteiger partial charge >= 0.3 is 6.09 Å². The minimum atomic E-state index is -0.473. The van der Waals surface area contributed by atoms with Gasteiger partial charge in [0.05, 0.1) is 6.54 Å². The van der Waals surface area contributed by atoms with Crippen LogP contribution in [0, 0.1) is 5.92 Å². The van der Waals surface area contributed by atoms with Gasteiger partial charge in [0.2, 0.25) is 5.91 Å². The van der Waals surface area contributed by atoms with Crippen molar-refractivity contribution in [3.63, 3.8) is 0 Å². The number of likely N-dealkylation sites (tertiary alicyclic amines) is 1. The number of hydrogen-bond donors (Lipinski definition) is 2. The first-order valence-electron chi connectivity index (χ1n) is 8.90. The highest BCUT2D eigenvalue weighted by molar-refractivity contribution is 5.78. The number of nitrogens with zero attached hydrogens (tertiary/aromatic N) is 1. The molecule has 1 heterocycles. The summed E-state index contributed by atoms with van der Waals surface area (Å²) in [4.78, 5) is 25.9. The standard InChI is InChI=1S/C18H35N3O3/c1-13(19-11-15(22)20-17(2,3)4)14-9-8-10-21(12-14)16(23)24-18(5,6)7/h13-14,19H,8-12H2,1-7H3,(H,20,22). The quantitative estimate of drug-likeness (QED) is 0.824. The molecule has 0 radical (unpaired) electrons. The van der Waals surface area contributed by atoms with Gasteiger partial charge in [-0.1, -0.05) is 0 Å². The van der Waals surface area contributed by atoms with Crippen LogP contribution in [-0.4, -0.2) is 53.7 Å². The van der Waals surface area contributed by atoms with E-state index >= 15 is 0 Å². The van der Waals surface area contributed by atoms with Gasteiger partial charge in [-0.15, -0.1) is 0 Å². The second kappa shape index (κ2) is 8.19. The monoisotopic (exact) mass is 341 g/mol. The fourth-order valence-electron chi connectivity index (χ4n) is 2.79. The summed E-state index contributed by atoms with van der Waals surface area (Å²) in [5.74, 6) is 0.322. The summed E-state index contributed by atoms with van der Waals surface area (Å²) in [7, 11) is 0. The van der Waals surface area contributed by atoms with Crippen LogP contribution in [0.2, 0.25) is 0 Å². The third kappa shape index (κ3) is 7.99. The van der Waals surface area contributed by atoms with Crippen LogP contribution in [0.4, 0.5) is 4.79 Å². The van der Waals surface area contributed by atoms with Crippen LogP contribution in [-0.2, 0) is 9.53 Å². The summed E-state index contributed by atoms with van der Waals surface area (Å²) in [6.07, 6.45) is 1.77. The zero-order valence-corrected chi connectivity index (χ0v) is 16.4. The second-order valence-corrected chi connectivity index (χ2v) is 8.80. The summed E-state index contributed by atoms with van der Waals surface area (Å²) in [5.41, 5.74) is -0.695. The van der Waals surface area contributed by atoms with Crippen LogP contribution in [0.5, 0.6) is 0 Å². The molecule has 6 nitrogen and oxygen atoms in total. The summed E-state index contributed by atoms with van der Waals surface area (Å²) in [5, 5.41) is 6.24. The summed E-state index contributed by atoms with van der Waals surface area (Å²) >= 11 is 0. The van der Waals surface area contributed by atoms with E-state index in [2.05, 4.69) is 17.6 Å². The molecule has 2 unspecified atom stereocenters. The number of nitrogens with one attached hydrogen (secondary N) is 2. The van der Waals surface area contributed by atoms with Gasteiger partial charge in [0.1, 0.15) is 5.60 Å². The van der Waals surface area contributed by atoms with Crippen LogP contribution in [0.3, 0.4) is 0 Å². The summed E-state index contributed by atoms with van der Waals surface area (Å²) in [6, 6.07) is 0.168. The van der Waals surface area contributed by atoms with E-state index in [0.29, 0.717) is 19.0 Å². The van der Waals surface area contributed by atoms with E-state index in [9.17, 15) is 9.59 Å². The summed E-state index contributed by atoms with van der Waals surface area (Å²) < 4.78 is 5.46.